The van der Waals surface area contributed by atoms with Gasteiger partial charge >= 0.3 is 0 Å². The lowest BCUT2D eigenvalue weighted by molar-refractivity contribution is -0.114. The van der Waals surface area contributed by atoms with Gasteiger partial charge in [0.25, 0.3) is 0 Å². The number of rotatable bonds is 8. The molecule has 2 aromatic carbocycles. The topological polar surface area (TPSA) is 65.5 Å². The molecule has 0 saturated heterocycles. The van der Waals surface area contributed by atoms with Crippen molar-refractivity contribution in [3.05, 3.63) is 65.7 Å². The molecule has 5 nitrogen and oxygen atoms in total. The fourth-order valence-electron chi connectivity index (χ4n) is 3.42. The molecule has 2 rings (SSSR count). The summed E-state index contributed by atoms with van der Waals surface area (Å²) in [5.41, 5.74) is 3.31. The van der Waals surface area contributed by atoms with Crippen LogP contribution in [0.2, 0.25) is 0 Å². The van der Waals surface area contributed by atoms with E-state index < -0.39 is 0 Å². The zero-order valence-corrected chi connectivity index (χ0v) is 17.4. The van der Waals surface area contributed by atoms with Gasteiger partial charge in [-0.25, -0.2) is 0 Å². The van der Waals surface area contributed by atoms with Gasteiger partial charge in [0.05, 0.1) is 0 Å². The molecular weight excluding hydrogens is 348 g/mol. The number of carbonyl (C=O) groups is 1. The Labute approximate surface area is 168 Å². The molecule has 28 heavy (non-hydrogen) atoms. The summed E-state index contributed by atoms with van der Waals surface area (Å²) in [6, 6.07) is 18.5. The second-order valence-corrected chi connectivity index (χ2v) is 7.01. The first-order chi connectivity index (χ1) is 13.5. The molecule has 150 valence electrons. The zero-order chi connectivity index (χ0) is 20.4. The lowest BCUT2D eigenvalue weighted by Gasteiger charge is -2.33. The van der Waals surface area contributed by atoms with Crippen molar-refractivity contribution >= 4 is 17.6 Å². The molecule has 0 unspecified atom stereocenters. The monoisotopic (exact) mass is 380 g/mol. The van der Waals surface area contributed by atoms with Crippen LogP contribution < -0.4 is 16.0 Å². The highest BCUT2D eigenvalue weighted by atomic mass is 16.1. The highest BCUT2D eigenvalue weighted by Crippen LogP contribution is 2.30. The van der Waals surface area contributed by atoms with Gasteiger partial charge in [-0.1, -0.05) is 56.3 Å². The van der Waals surface area contributed by atoms with Gasteiger partial charge in [-0.2, -0.15) is 0 Å². The summed E-state index contributed by atoms with van der Waals surface area (Å²) < 4.78 is 0. The first kappa shape index (κ1) is 21.5. The Balaban J connectivity index is 2.00. The number of nitrogens with zero attached hydrogens (tertiary/aromatic N) is 1. The molecule has 0 saturated carbocycles. The molecule has 0 atom stereocenters. The van der Waals surface area contributed by atoms with E-state index in [2.05, 4.69) is 65.1 Å². The van der Waals surface area contributed by atoms with Crippen molar-refractivity contribution in [2.24, 2.45) is 4.99 Å². The number of nitrogens with one attached hydrogen (secondary N) is 3. The molecule has 0 spiro atoms. The summed E-state index contributed by atoms with van der Waals surface area (Å²) in [6.45, 7) is 7.43. The Morgan fingerprint density at radius 3 is 2.32 bits per heavy atom. The summed E-state index contributed by atoms with van der Waals surface area (Å²) in [6.07, 6.45) is 2.10. The molecule has 0 aliphatic carbocycles. The number of anilines is 1. The van der Waals surface area contributed by atoms with Crippen molar-refractivity contribution in [1.29, 1.82) is 0 Å². The van der Waals surface area contributed by atoms with Gasteiger partial charge in [0, 0.05) is 38.2 Å². The van der Waals surface area contributed by atoms with Gasteiger partial charge in [0.1, 0.15) is 0 Å². The Morgan fingerprint density at radius 1 is 1.00 bits per heavy atom. The molecule has 0 fully saturated rings. The molecule has 1 amide bonds. The average Bonchev–Trinajstić information content (AvgIpc) is 2.72. The van der Waals surface area contributed by atoms with Gasteiger partial charge in [0.2, 0.25) is 5.91 Å². The van der Waals surface area contributed by atoms with E-state index in [0.717, 1.165) is 36.6 Å². The van der Waals surface area contributed by atoms with Gasteiger partial charge in [-0.05, 0) is 36.1 Å². The maximum absolute atomic E-state index is 11.2. The van der Waals surface area contributed by atoms with E-state index in [1.54, 1.807) is 7.05 Å². The van der Waals surface area contributed by atoms with Crippen molar-refractivity contribution in [1.82, 2.24) is 10.6 Å². The second-order valence-electron chi connectivity index (χ2n) is 7.01. The highest BCUT2D eigenvalue weighted by molar-refractivity contribution is 5.88. The highest BCUT2D eigenvalue weighted by Gasteiger charge is 2.28. The Hall–Kier alpha value is -2.82. The van der Waals surface area contributed by atoms with Crippen molar-refractivity contribution in [3.8, 4) is 0 Å². The normalized spacial score (nSPS) is 11.8. The van der Waals surface area contributed by atoms with Gasteiger partial charge in [-0.3, -0.25) is 9.79 Å². The van der Waals surface area contributed by atoms with Crippen LogP contribution in [0, 0.1) is 0 Å². The number of amides is 1. The minimum Gasteiger partial charge on any atom is -0.356 e. The van der Waals surface area contributed by atoms with Gasteiger partial charge in [-0.15, -0.1) is 0 Å². The van der Waals surface area contributed by atoms with Gasteiger partial charge < -0.3 is 16.0 Å². The van der Waals surface area contributed by atoms with Crippen molar-refractivity contribution in [3.63, 3.8) is 0 Å². The number of carbonyl (C=O) groups excluding carboxylic acids is 1. The molecule has 0 bridgehead atoms. The van der Waals surface area contributed by atoms with Crippen LogP contribution in [0.1, 0.15) is 44.7 Å². The van der Waals surface area contributed by atoms with E-state index in [1.807, 2.05) is 24.3 Å². The first-order valence-electron chi connectivity index (χ1n) is 9.89. The lowest BCUT2D eigenvalue weighted by atomic mass is 9.76. The molecule has 2 aromatic rings. The van der Waals surface area contributed by atoms with Crippen LogP contribution >= 0.6 is 0 Å². The molecule has 0 aromatic heterocycles. The number of benzene rings is 2. The molecule has 0 radical (unpaired) electrons. The third-order valence-corrected chi connectivity index (χ3v) is 5.26. The third-order valence-electron chi connectivity index (χ3n) is 5.26. The number of aliphatic imine (C=N–C) groups is 1. The third kappa shape index (κ3) is 5.84. The SMILES string of the molecule is CCC(CC)(CNC(=NC)NCc1cccc(NC(C)=O)c1)c1ccccc1. The summed E-state index contributed by atoms with van der Waals surface area (Å²) in [4.78, 5) is 15.6. The standard InChI is InChI=1S/C23H32N4O/c1-5-23(6-2,20-12-8-7-9-13-20)17-26-22(24-4)25-16-19-11-10-14-21(15-19)27-18(3)28/h7-15H,5-6,16-17H2,1-4H3,(H,27,28)(H2,24,25,26). The molecule has 5 heteroatoms. The summed E-state index contributed by atoms with van der Waals surface area (Å²) in [5.74, 6) is 0.700. The smallest absolute Gasteiger partial charge is 0.221 e. The predicted molar refractivity (Wildman–Crippen MR) is 118 cm³/mol. The van der Waals surface area contributed by atoms with E-state index in [4.69, 9.17) is 0 Å². The van der Waals surface area contributed by atoms with Crippen LogP contribution in [0.25, 0.3) is 0 Å². The quantitative estimate of drug-likeness (QED) is 0.478. The fourth-order valence-corrected chi connectivity index (χ4v) is 3.42. The lowest BCUT2D eigenvalue weighted by Crippen LogP contribution is -2.45. The second kappa shape index (κ2) is 10.5. The molecule has 0 aliphatic heterocycles. The average molecular weight is 381 g/mol. The molecule has 0 heterocycles. The van der Waals surface area contributed by atoms with E-state index in [-0.39, 0.29) is 11.3 Å². The Morgan fingerprint density at radius 2 is 1.71 bits per heavy atom. The van der Waals surface area contributed by atoms with Crippen molar-refractivity contribution in [2.45, 2.75) is 45.6 Å². The van der Waals surface area contributed by atoms with Crippen LogP contribution in [0.5, 0.6) is 0 Å². The van der Waals surface area contributed by atoms with Crippen LogP contribution in [0.3, 0.4) is 0 Å². The molecular formula is C23H32N4O. The minimum absolute atomic E-state index is 0.0704. The van der Waals surface area contributed by atoms with Crippen LogP contribution in [0.15, 0.2) is 59.6 Å². The zero-order valence-electron chi connectivity index (χ0n) is 17.4. The van der Waals surface area contributed by atoms with E-state index in [9.17, 15) is 4.79 Å². The minimum atomic E-state index is -0.0704. The Bertz CT molecular complexity index is 782. The largest absolute Gasteiger partial charge is 0.356 e. The summed E-state index contributed by atoms with van der Waals surface area (Å²) >= 11 is 0. The van der Waals surface area contributed by atoms with Gasteiger partial charge in [0.15, 0.2) is 5.96 Å². The molecule has 3 N–H and O–H groups in total. The first-order valence-corrected chi connectivity index (χ1v) is 9.89. The Kier molecular flexibility index (Phi) is 8.05. The predicted octanol–water partition coefficient (Wildman–Crippen LogP) is 4.07. The van der Waals surface area contributed by atoms with E-state index >= 15 is 0 Å². The van der Waals surface area contributed by atoms with Crippen LogP contribution in [-0.2, 0) is 16.8 Å². The molecule has 0 aliphatic rings. The van der Waals surface area contributed by atoms with E-state index in [0.29, 0.717) is 6.54 Å². The van der Waals surface area contributed by atoms with Crippen LogP contribution in [0.4, 0.5) is 5.69 Å². The summed E-state index contributed by atoms with van der Waals surface area (Å²) in [5, 5.41) is 9.67. The maximum atomic E-state index is 11.2. The van der Waals surface area contributed by atoms with Crippen molar-refractivity contribution < 1.29 is 4.79 Å². The van der Waals surface area contributed by atoms with Crippen LogP contribution in [-0.4, -0.2) is 25.5 Å². The number of hydrogen-bond acceptors (Lipinski definition) is 2. The maximum Gasteiger partial charge on any atom is 0.221 e. The fraction of sp³-hybridized carbons (Fsp3) is 0.391. The summed E-state index contributed by atoms with van der Waals surface area (Å²) in [7, 11) is 1.78. The number of guanidine groups is 1. The van der Waals surface area contributed by atoms with Crippen molar-refractivity contribution in [2.75, 3.05) is 18.9 Å². The van der Waals surface area contributed by atoms with E-state index in [1.165, 1.54) is 12.5 Å². The number of hydrogen-bond donors (Lipinski definition) is 3.